The van der Waals surface area contributed by atoms with E-state index in [-0.39, 0.29) is 10.8 Å². The minimum Gasteiger partial charge on any atom is -0.371 e. The second-order valence-electron chi connectivity index (χ2n) is 8.11. The smallest absolute Gasteiger partial charge is 0.257 e. The van der Waals surface area contributed by atoms with Gasteiger partial charge in [0.2, 0.25) is 10.0 Å². The lowest BCUT2D eigenvalue weighted by molar-refractivity contribution is 0.102. The molecule has 0 aliphatic carbocycles. The summed E-state index contributed by atoms with van der Waals surface area (Å²) in [6, 6.07) is 12.6. The lowest BCUT2D eigenvalue weighted by Crippen LogP contribution is -2.35. The van der Waals surface area contributed by atoms with Crippen molar-refractivity contribution in [1.82, 2.24) is 4.31 Å². The van der Waals surface area contributed by atoms with Crippen molar-refractivity contribution in [3.05, 3.63) is 53.6 Å². The first-order valence-corrected chi connectivity index (χ1v) is 12.2. The van der Waals surface area contributed by atoms with E-state index in [1.54, 1.807) is 22.5 Å². The van der Waals surface area contributed by atoms with Gasteiger partial charge in [-0.3, -0.25) is 4.79 Å². The molecule has 2 fully saturated rings. The van der Waals surface area contributed by atoms with E-state index in [2.05, 4.69) is 10.2 Å². The Balaban J connectivity index is 1.71. The number of carbonyl (C=O) groups is 1. The molecular formula is C23H29N3O3S. The Bertz CT molecular complexity index is 1020. The van der Waals surface area contributed by atoms with Crippen molar-refractivity contribution >= 4 is 27.3 Å². The average molecular weight is 428 g/mol. The normalized spacial score (nSPS) is 17.8. The highest BCUT2D eigenvalue weighted by Crippen LogP contribution is 2.30. The number of carbonyl (C=O) groups excluding carboxylic acids is 1. The largest absolute Gasteiger partial charge is 0.371 e. The number of piperidine rings is 1. The monoisotopic (exact) mass is 427 g/mol. The third-order valence-electron chi connectivity index (χ3n) is 6.01. The van der Waals surface area contributed by atoms with Crippen LogP contribution < -0.4 is 10.2 Å². The molecule has 0 radical (unpaired) electrons. The predicted octanol–water partition coefficient (Wildman–Crippen LogP) is 4.02. The van der Waals surface area contributed by atoms with Crippen LogP contribution in [0.2, 0.25) is 0 Å². The molecular weight excluding hydrogens is 398 g/mol. The highest BCUT2D eigenvalue weighted by atomic mass is 32.2. The van der Waals surface area contributed by atoms with Crippen LogP contribution in [0.3, 0.4) is 0 Å². The molecule has 160 valence electrons. The van der Waals surface area contributed by atoms with E-state index in [0.29, 0.717) is 18.7 Å². The summed E-state index contributed by atoms with van der Waals surface area (Å²) < 4.78 is 27.9. The minimum atomic E-state index is -3.60. The standard InChI is InChI=1S/C23H29N3O3S/c1-18-9-3-4-10-21(18)24-23(27)20-17-19(11-12-22(20)25-13-7-8-14-25)30(28,29)26-15-5-2-6-16-26/h3-4,9-12,17H,2,5-8,13-16H2,1H3,(H,24,27). The van der Waals surface area contributed by atoms with E-state index in [0.717, 1.165) is 62.1 Å². The molecule has 0 atom stereocenters. The van der Waals surface area contributed by atoms with Crippen LogP contribution in [-0.4, -0.2) is 44.8 Å². The van der Waals surface area contributed by atoms with Gasteiger partial charge in [-0.2, -0.15) is 4.31 Å². The van der Waals surface area contributed by atoms with Crippen LogP contribution in [0, 0.1) is 6.92 Å². The molecule has 7 heteroatoms. The van der Waals surface area contributed by atoms with Gasteiger partial charge in [0.05, 0.1) is 10.5 Å². The number of aryl methyl sites for hydroxylation is 1. The summed E-state index contributed by atoms with van der Waals surface area (Å²) in [7, 11) is -3.60. The van der Waals surface area contributed by atoms with E-state index >= 15 is 0 Å². The number of rotatable bonds is 5. The third-order valence-corrected chi connectivity index (χ3v) is 7.90. The van der Waals surface area contributed by atoms with Crippen molar-refractivity contribution in [2.24, 2.45) is 0 Å². The van der Waals surface area contributed by atoms with Gasteiger partial charge in [0.15, 0.2) is 0 Å². The lowest BCUT2D eigenvalue weighted by atomic mass is 10.1. The van der Waals surface area contributed by atoms with E-state index in [9.17, 15) is 13.2 Å². The Morgan fingerprint density at radius 3 is 2.27 bits per heavy atom. The molecule has 2 heterocycles. The van der Waals surface area contributed by atoms with Gasteiger partial charge < -0.3 is 10.2 Å². The Kier molecular flexibility index (Phi) is 6.11. The van der Waals surface area contributed by atoms with Crippen molar-refractivity contribution in [1.29, 1.82) is 0 Å². The number of sulfonamides is 1. The van der Waals surface area contributed by atoms with Crippen molar-refractivity contribution in [3.8, 4) is 0 Å². The molecule has 6 nitrogen and oxygen atoms in total. The summed E-state index contributed by atoms with van der Waals surface area (Å²) in [4.78, 5) is 15.6. The maximum Gasteiger partial charge on any atom is 0.257 e. The molecule has 1 N–H and O–H groups in total. The van der Waals surface area contributed by atoms with Gasteiger partial charge in [-0.1, -0.05) is 24.6 Å². The second-order valence-corrected chi connectivity index (χ2v) is 10.0. The maximum atomic E-state index is 13.3. The molecule has 2 aliphatic heterocycles. The molecule has 0 bridgehead atoms. The van der Waals surface area contributed by atoms with Crippen LogP contribution in [0.25, 0.3) is 0 Å². The predicted molar refractivity (Wildman–Crippen MR) is 120 cm³/mol. The van der Waals surface area contributed by atoms with Crippen LogP contribution in [-0.2, 0) is 10.0 Å². The summed E-state index contributed by atoms with van der Waals surface area (Å²) in [6.45, 7) is 4.78. The molecule has 0 unspecified atom stereocenters. The molecule has 2 aromatic carbocycles. The van der Waals surface area contributed by atoms with E-state index in [1.807, 2.05) is 31.2 Å². The second kappa shape index (κ2) is 8.78. The fourth-order valence-electron chi connectivity index (χ4n) is 4.25. The number of nitrogens with one attached hydrogen (secondary N) is 1. The zero-order valence-corrected chi connectivity index (χ0v) is 18.2. The number of benzene rings is 2. The SMILES string of the molecule is Cc1ccccc1NC(=O)c1cc(S(=O)(=O)N2CCCCC2)ccc1N1CCCC1. The Morgan fingerprint density at radius 2 is 1.57 bits per heavy atom. The Morgan fingerprint density at radius 1 is 0.900 bits per heavy atom. The minimum absolute atomic E-state index is 0.197. The Labute approximate surface area is 178 Å². The summed E-state index contributed by atoms with van der Waals surface area (Å²) in [6.07, 6.45) is 4.97. The molecule has 0 saturated carbocycles. The van der Waals surface area contributed by atoms with Crippen LogP contribution in [0.15, 0.2) is 47.4 Å². The summed E-state index contributed by atoms with van der Waals surface area (Å²) in [5.74, 6) is -0.276. The molecule has 4 rings (SSSR count). The average Bonchev–Trinajstić information content (AvgIpc) is 3.30. The van der Waals surface area contributed by atoms with Gasteiger partial charge in [0, 0.05) is 37.6 Å². The first kappa shape index (κ1) is 20.9. The number of amides is 1. The van der Waals surface area contributed by atoms with E-state index < -0.39 is 10.0 Å². The quantitative estimate of drug-likeness (QED) is 0.782. The van der Waals surface area contributed by atoms with Crippen molar-refractivity contribution in [2.75, 3.05) is 36.4 Å². The third kappa shape index (κ3) is 4.23. The summed E-state index contributed by atoms with van der Waals surface area (Å²) in [5, 5.41) is 2.97. The van der Waals surface area contributed by atoms with Gasteiger partial charge in [-0.15, -0.1) is 0 Å². The van der Waals surface area contributed by atoms with E-state index in [4.69, 9.17) is 0 Å². The van der Waals surface area contributed by atoms with Crippen molar-refractivity contribution < 1.29 is 13.2 Å². The fraction of sp³-hybridized carbons (Fsp3) is 0.435. The maximum absolute atomic E-state index is 13.3. The fourth-order valence-corrected chi connectivity index (χ4v) is 5.79. The number of hydrogen-bond donors (Lipinski definition) is 1. The van der Waals surface area contributed by atoms with Gasteiger partial charge in [0.1, 0.15) is 0 Å². The van der Waals surface area contributed by atoms with Gasteiger partial charge in [-0.05, 0) is 62.4 Å². The number of hydrogen-bond acceptors (Lipinski definition) is 4. The van der Waals surface area contributed by atoms with E-state index in [1.165, 1.54) is 0 Å². The Hall–Kier alpha value is -2.38. The van der Waals surface area contributed by atoms with Gasteiger partial charge in [0.25, 0.3) is 5.91 Å². The molecule has 30 heavy (non-hydrogen) atoms. The first-order valence-electron chi connectivity index (χ1n) is 10.7. The van der Waals surface area contributed by atoms with Gasteiger partial charge >= 0.3 is 0 Å². The summed E-state index contributed by atoms with van der Waals surface area (Å²) in [5.41, 5.74) is 2.92. The van der Waals surface area contributed by atoms with Crippen LogP contribution in [0.1, 0.15) is 48.0 Å². The molecule has 0 spiro atoms. The number of nitrogens with zero attached hydrogens (tertiary/aromatic N) is 2. The molecule has 2 aliphatic rings. The van der Waals surface area contributed by atoms with Crippen LogP contribution >= 0.6 is 0 Å². The van der Waals surface area contributed by atoms with Crippen LogP contribution in [0.5, 0.6) is 0 Å². The van der Waals surface area contributed by atoms with Crippen LogP contribution in [0.4, 0.5) is 11.4 Å². The molecule has 1 amide bonds. The van der Waals surface area contributed by atoms with Crippen molar-refractivity contribution in [3.63, 3.8) is 0 Å². The molecule has 2 aromatic rings. The molecule has 0 aromatic heterocycles. The zero-order valence-electron chi connectivity index (χ0n) is 17.4. The van der Waals surface area contributed by atoms with Crippen molar-refractivity contribution in [2.45, 2.75) is 43.9 Å². The lowest BCUT2D eigenvalue weighted by Gasteiger charge is -2.27. The first-order chi connectivity index (χ1) is 14.5. The topological polar surface area (TPSA) is 69.7 Å². The number of para-hydroxylation sites is 1. The summed E-state index contributed by atoms with van der Waals surface area (Å²) >= 11 is 0. The molecule has 2 saturated heterocycles. The highest BCUT2D eigenvalue weighted by Gasteiger charge is 2.28. The zero-order chi connectivity index (χ0) is 21.1. The van der Waals surface area contributed by atoms with Gasteiger partial charge in [-0.25, -0.2) is 8.42 Å². The number of anilines is 2. The highest BCUT2D eigenvalue weighted by molar-refractivity contribution is 7.89.